The summed E-state index contributed by atoms with van der Waals surface area (Å²) in [6, 6.07) is 9.72. The van der Waals surface area contributed by atoms with Crippen LogP contribution in [-0.4, -0.2) is 57.3 Å². The zero-order valence-electron chi connectivity index (χ0n) is 19.9. The van der Waals surface area contributed by atoms with Gasteiger partial charge in [-0.15, -0.1) is 11.3 Å². The number of fused-ring (bicyclic) bond motifs is 1. The first kappa shape index (κ1) is 23.0. The molecule has 0 atom stereocenters. The molecule has 4 aromatic rings. The largest absolute Gasteiger partial charge is 0.365 e. The molecule has 0 spiro atoms. The van der Waals surface area contributed by atoms with Crippen molar-refractivity contribution in [1.82, 2.24) is 19.3 Å². The summed E-state index contributed by atoms with van der Waals surface area (Å²) >= 11 is 1.70. The zero-order chi connectivity index (χ0) is 24.5. The van der Waals surface area contributed by atoms with E-state index in [0.29, 0.717) is 44.6 Å². The molecule has 5 heterocycles. The van der Waals surface area contributed by atoms with Crippen LogP contribution in [-0.2, 0) is 6.42 Å². The van der Waals surface area contributed by atoms with Crippen molar-refractivity contribution in [3.8, 4) is 10.6 Å². The standard InChI is InChI=1S/C26H28N6O2S/c1-17-3-5-19(14-28-17)6-7-23(33)20-13-21(30-9-11-31(12-10-30)26(27)34)25-29-15-22(32(25)16-20)24-8-4-18(2)35-24/h3-5,8,13-16H,6-7,9-12H2,1-2H3,(H2,27,34). The third-order valence-electron chi connectivity index (χ3n) is 6.45. The number of hydrogen-bond acceptors (Lipinski definition) is 6. The smallest absolute Gasteiger partial charge is 0.314 e. The summed E-state index contributed by atoms with van der Waals surface area (Å²) in [5.41, 5.74) is 10.8. The average Bonchev–Trinajstić information content (AvgIpc) is 3.48. The van der Waals surface area contributed by atoms with Gasteiger partial charge in [0.25, 0.3) is 0 Å². The summed E-state index contributed by atoms with van der Waals surface area (Å²) in [6.07, 6.45) is 6.65. The maximum absolute atomic E-state index is 13.3. The molecule has 2 amide bonds. The van der Waals surface area contributed by atoms with Crippen LogP contribution in [0.3, 0.4) is 0 Å². The lowest BCUT2D eigenvalue weighted by molar-refractivity contribution is 0.0982. The van der Waals surface area contributed by atoms with Gasteiger partial charge in [-0.25, -0.2) is 9.78 Å². The monoisotopic (exact) mass is 488 g/mol. The highest BCUT2D eigenvalue weighted by Crippen LogP contribution is 2.32. The number of pyridine rings is 2. The molecule has 0 aromatic carbocycles. The number of ketones is 1. The number of Topliss-reactive ketones (excluding diaryl/α,β-unsaturated/α-hetero) is 1. The number of aryl methyl sites for hydroxylation is 3. The van der Waals surface area contributed by atoms with E-state index in [4.69, 9.17) is 10.7 Å². The van der Waals surface area contributed by atoms with Gasteiger partial charge in [-0.3, -0.25) is 14.2 Å². The van der Waals surface area contributed by atoms with Gasteiger partial charge in [-0.2, -0.15) is 0 Å². The molecule has 8 nitrogen and oxygen atoms in total. The van der Waals surface area contributed by atoms with Crippen molar-refractivity contribution >= 4 is 34.5 Å². The Morgan fingerprint density at radius 1 is 1.03 bits per heavy atom. The molecule has 9 heteroatoms. The van der Waals surface area contributed by atoms with Gasteiger partial charge in [-0.1, -0.05) is 6.07 Å². The summed E-state index contributed by atoms with van der Waals surface area (Å²) in [5.74, 6) is 0.0755. The minimum atomic E-state index is -0.402. The SMILES string of the molecule is Cc1ccc(CCC(=O)c2cc(N3CCN(C(N)=O)CC3)c3ncc(-c4ccc(C)s4)n3c2)cn1. The van der Waals surface area contributed by atoms with Gasteiger partial charge < -0.3 is 15.5 Å². The molecule has 4 aromatic heterocycles. The van der Waals surface area contributed by atoms with E-state index in [1.165, 1.54) is 4.88 Å². The van der Waals surface area contributed by atoms with Gasteiger partial charge in [0.2, 0.25) is 0 Å². The summed E-state index contributed by atoms with van der Waals surface area (Å²) in [7, 11) is 0. The van der Waals surface area contributed by atoms with Gasteiger partial charge in [-0.05, 0) is 50.1 Å². The number of aromatic nitrogens is 3. The maximum Gasteiger partial charge on any atom is 0.314 e. The molecule has 1 fully saturated rings. The van der Waals surface area contributed by atoms with E-state index in [2.05, 4.69) is 28.9 Å². The molecule has 0 saturated carbocycles. The highest BCUT2D eigenvalue weighted by Gasteiger charge is 2.24. The van der Waals surface area contributed by atoms with Crippen molar-refractivity contribution in [3.05, 3.63) is 70.6 Å². The Morgan fingerprint density at radius 2 is 1.83 bits per heavy atom. The average molecular weight is 489 g/mol. The van der Waals surface area contributed by atoms with Crippen LogP contribution in [0.25, 0.3) is 16.2 Å². The quantitative estimate of drug-likeness (QED) is 0.412. The number of rotatable bonds is 6. The molecule has 0 bridgehead atoms. The Hall–Kier alpha value is -3.72. The van der Waals surface area contributed by atoms with Crippen molar-refractivity contribution in [1.29, 1.82) is 0 Å². The fraction of sp³-hybridized carbons (Fsp3) is 0.308. The summed E-state index contributed by atoms with van der Waals surface area (Å²) in [5, 5.41) is 0. The number of thiophene rings is 1. The summed E-state index contributed by atoms with van der Waals surface area (Å²) in [6.45, 7) is 6.37. The van der Waals surface area contributed by atoms with Crippen molar-refractivity contribution in [2.75, 3.05) is 31.1 Å². The molecular formula is C26H28N6O2S. The molecule has 1 aliphatic heterocycles. The first-order valence-corrected chi connectivity index (χ1v) is 12.5. The molecule has 180 valence electrons. The Balaban J connectivity index is 1.49. The number of urea groups is 1. The zero-order valence-corrected chi connectivity index (χ0v) is 20.7. The number of carbonyl (C=O) groups excluding carboxylic acids is 2. The fourth-order valence-electron chi connectivity index (χ4n) is 4.43. The number of anilines is 1. The number of imidazole rings is 1. The van der Waals surface area contributed by atoms with Crippen molar-refractivity contribution in [2.45, 2.75) is 26.7 Å². The normalized spacial score (nSPS) is 14.0. The molecule has 1 aliphatic rings. The molecule has 2 N–H and O–H groups in total. The van der Waals surface area contributed by atoms with Gasteiger partial charge >= 0.3 is 6.03 Å². The lowest BCUT2D eigenvalue weighted by atomic mass is 10.0. The number of carbonyl (C=O) groups is 2. The Labute approximate surface area is 208 Å². The predicted molar refractivity (Wildman–Crippen MR) is 138 cm³/mol. The van der Waals surface area contributed by atoms with Crippen LogP contribution < -0.4 is 10.6 Å². The number of nitrogens with two attached hydrogens (primary N) is 1. The van der Waals surface area contributed by atoms with Crippen molar-refractivity contribution in [2.24, 2.45) is 5.73 Å². The lowest BCUT2D eigenvalue weighted by Gasteiger charge is -2.35. The third-order valence-corrected chi connectivity index (χ3v) is 7.47. The van der Waals surface area contributed by atoms with E-state index < -0.39 is 6.03 Å². The van der Waals surface area contributed by atoms with Crippen LogP contribution in [0, 0.1) is 13.8 Å². The first-order chi connectivity index (χ1) is 16.9. The number of piperazine rings is 1. The van der Waals surface area contributed by atoms with E-state index in [9.17, 15) is 9.59 Å². The predicted octanol–water partition coefficient (Wildman–Crippen LogP) is 4.09. The molecule has 0 aliphatic carbocycles. The van der Waals surface area contributed by atoms with Gasteiger partial charge in [0.15, 0.2) is 11.4 Å². The van der Waals surface area contributed by atoms with Crippen LogP contribution in [0.5, 0.6) is 0 Å². The van der Waals surface area contributed by atoms with Gasteiger partial charge in [0.05, 0.1) is 22.5 Å². The summed E-state index contributed by atoms with van der Waals surface area (Å²) < 4.78 is 2.03. The van der Waals surface area contributed by atoms with E-state index in [1.807, 2.05) is 48.1 Å². The van der Waals surface area contributed by atoms with E-state index in [-0.39, 0.29) is 5.78 Å². The third kappa shape index (κ3) is 4.77. The molecule has 0 radical (unpaired) electrons. The lowest BCUT2D eigenvalue weighted by Crippen LogP contribution is -2.50. The minimum Gasteiger partial charge on any atom is -0.365 e. The molecule has 1 saturated heterocycles. The van der Waals surface area contributed by atoms with E-state index >= 15 is 0 Å². The summed E-state index contributed by atoms with van der Waals surface area (Å²) in [4.78, 5) is 40.2. The van der Waals surface area contributed by atoms with Gasteiger partial charge in [0.1, 0.15) is 0 Å². The molecule has 5 rings (SSSR count). The van der Waals surface area contributed by atoms with E-state index in [1.54, 1.807) is 16.2 Å². The van der Waals surface area contributed by atoms with Gasteiger partial charge in [0, 0.05) is 61.1 Å². The molecule has 35 heavy (non-hydrogen) atoms. The number of nitrogens with zero attached hydrogens (tertiary/aromatic N) is 5. The Bertz CT molecular complexity index is 1380. The first-order valence-electron chi connectivity index (χ1n) is 11.7. The van der Waals surface area contributed by atoms with E-state index in [0.717, 1.165) is 33.2 Å². The van der Waals surface area contributed by atoms with Crippen LogP contribution >= 0.6 is 11.3 Å². The van der Waals surface area contributed by atoms with Crippen LogP contribution in [0.1, 0.15) is 32.9 Å². The van der Waals surface area contributed by atoms with Crippen molar-refractivity contribution in [3.63, 3.8) is 0 Å². The fourth-order valence-corrected chi connectivity index (χ4v) is 5.30. The number of hydrogen-bond donors (Lipinski definition) is 1. The number of primary amides is 1. The number of amides is 2. The maximum atomic E-state index is 13.3. The topological polar surface area (TPSA) is 96.8 Å². The van der Waals surface area contributed by atoms with Crippen LogP contribution in [0.4, 0.5) is 10.5 Å². The van der Waals surface area contributed by atoms with Crippen LogP contribution in [0.15, 0.2) is 48.9 Å². The highest BCUT2D eigenvalue weighted by atomic mass is 32.1. The molecular weight excluding hydrogens is 460 g/mol. The highest BCUT2D eigenvalue weighted by molar-refractivity contribution is 7.15. The Morgan fingerprint density at radius 3 is 2.49 bits per heavy atom. The molecule has 0 unspecified atom stereocenters. The second-order valence-corrected chi connectivity index (χ2v) is 10.2. The second-order valence-electron chi connectivity index (χ2n) is 8.90. The minimum absolute atomic E-state index is 0.0755. The Kier molecular flexibility index (Phi) is 6.25. The second kappa shape index (κ2) is 9.50. The van der Waals surface area contributed by atoms with Crippen LogP contribution in [0.2, 0.25) is 0 Å². The van der Waals surface area contributed by atoms with Crippen molar-refractivity contribution < 1.29 is 9.59 Å².